The molecule has 1 fully saturated rings. The normalized spacial score (nSPS) is 15.5. The number of likely N-dealkylation sites (N-methyl/N-ethyl adjacent to an activating group) is 1. The summed E-state index contributed by atoms with van der Waals surface area (Å²) in [7, 11) is 1.65. The van der Waals surface area contributed by atoms with Gasteiger partial charge >= 0.3 is 0 Å². The lowest BCUT2D eigenvalue weighted by Gasteiger charge is -2.34. The lowest BCUT2D eigenvalue weighted by molar-refractivity contribution is -0.133. The first-order valence-electron chi connectivity index (χ1n) is 9.55. The molecule has 146 valence electrons. The van der Waals surface area contributed by atoms with E-state index in [4.69, 9.17) is 0 Å². The van der Waals surface area contributed by atoms with Gasteiger partial charge in [-0.15, -0.1) is 0 Å². The molecular formula is C19H33N5O2. The van der Waals surface area contributed by atoms with E-state index in [1.807, 2.05) is 11.8 Å². The van der Waals surface area contributed by atoms with Gasteiger partial charge in [0, 0.05) is 51.9 Å². The smallest absolute Gasteiger partial charge is 0.233 e. The third kappa shape index (κ3) is 5.30. The molecule has 2 rings (SSSR count). The predicted octanol–water partition coefficient (Wildman–Crippen LogP) is 0.979. The molecule has 1 saturated heterocycles. The van der Waals surface area contributed by atoms with E-state index in [-0.39, 0.29) is 11.8 Å². The summed E-state index contributed by atoms with van der Waals surface area (Å²) in [6.45, 7) is 12.7. The van der Waals surface area contributed by atoms with Crippen LogP contribution in [0.5, 0.6) is 0 Å². The van der Waals surface area contributed by atoms with E-state index in [2.05, 4.69) is 40.8 Å². The fourth-order valence-corrected chi connectivity index (χ4v) is 3.45. The number of hydrogen-bond acceptors (Lipinski definition) is 4. The van der Waals surface area contributed by atoms with Gasteiger partial charge < -0.3 is 10.2 Å². The molecule has 2 heterocycles. The average Bonchev–Trinajstić information content (AvgIpc) is 2.86. The van der Waals surface area contributed by atoms with Crippen LogP contribution in [0, 0.1) is 19.8 Å². The van der Waals surface area contributed by atoms with Gasteiger partial charge in [0.15, 0.2) is 0 Å². The van der Waals surface area contributed by atoms with Crippen molar-refractivity contribution in [2.75, 3.05) is 39.8 Å². The van der Waals surface area contributed by atoms with Crippen molar-refractivity contribution in [3.8, 4) is 0 Å². The molecule has 7 nitrogen and oxygen atoms in total. The Morgan fingerprint density at radius 1 is 1.15 bits per heavy atom. The van der Waals surface area contributed by atoms with Crippen LogP contribution in [0.2, 0.25) is 0 Å². The molecule has 0 aliphatic carbocycles. The third-order valence-corrected chi connectivity index (χ3v) is 5.03. The van der Waals surface area contributed by atoms with Crippen molar-refractivity contribution in [2.24, 2.45) is 5.92 Å². The molecule has 26 heavy (non-hydrogen) atoms. The van der Waals surface area contributed by atoms with Crippen molar-refractivity contribution >= 4 is 11.8 Å². The number of nitrogens with one attached hydrogen (secondary N) is 1. The van der Waals surface area contributed by atoms with Gasteiger partial charge in [-0.1, -0.05) is 13.8 Å². The molecule has 0 spiro atoms. The minimum atomic E-state index is 0.0223. The molecule has 1 aliphatic rings. The average molecular weight is 364 g/mol. The summed E-state index contributed by atoms with van der Waals surface area (Å²) in [6.07, 6.45) is 1.26. The highest BCUT2D eigenvalue weighted by molar-refractivity contribution is 5.78. The van der Waals surface area contributed by atoms with E-state index >= 15 is 0 Å². The second-order valence-corrected chi connectivity index (χ2v) is 7.56. The first kappa shape index (κ1) is 20.4. The number of nitrogens with zero attached hydrogens (tertiary/aromatic N) is 4. The third-order valence-electron chi connectivity index (χ3n) is 5.03. The van der Waals surface area contributed by atoms with Crippen LogP contribution in [0.3, 0.4) is 0 Å². The van der Waals surface area contributed by atoms with Gasteiger partial charge in [0.05, 0.1) is 12.2 Å². The molecule has 0 saturated carbocycles. The second kappa shape index (κ2) is 9.16. The van der Waals surface area contributed by atoms with Crippen molar-refractivity contribution in [1.82, 2.24) is 24.9 Å². The molecule has 1 aromatic heterocycles. The maximum absolute atomic E-state index is 12.6. The Kier molecular flexibility index (Phi) is 7.20. The summed E-state index contributed by atoms with van der Waals surface area (Å²) in [6, 6.07) is 0. The van der Waals surface area contributed by atoms with Gasteiger partial charge in [-0.25, -0.2) is 0 Å². The maximum atomic E-state index is 12.6. The van der Waals surface area contributed by atoms with Crippen LogP contribution in [-0.2, 0) is 22.6 Å². The molecule has 0 atom stereocenters. The zero-order valence-corrected chi connectivity index (χ0v) is 16.8. The summed E-state index contributed by atoms with van der Waals surface area (Å²) in [5.41, 5.74) is 3.42. The molecule has 1 aromatic rings. The molecule has 1 aliphatic heterocycles. The van der Waals surface area contributed by atoms with Gasteiger partial charge in [-0.3, -0.25) is 19.2 Å². The van der Waals surface area contributed by atoms with E-state index in [1.54, 1.807) is 7.05 Å². The summed E-state index contributed by atoms with van der Waals surface area (Å²) in [5.74, 6) is 0.766. The number of carbonyl (C=O) groups is 2. The minimum absolute atomic E-state index is 0.0223. The number of piperazine rings is 1. The Labute approximate surface area is 156 Å². The largest absolute Gasteiger partial charge is 0.358 e. The first-order chi connectivity index (χ1) is 12.3. The van der Waals surface area contributed by atoms with Gasteiger partial charge in [0.2, 0.25) is 11.8 Å². The zero-order chi connectivity index (χ0) is 19.3. The van der Waals surface area contributed by atoms with Gasteiger partial charge in [0.25, 0.3) is 0 Å². The van der Waals surface area contributed by atoms with Crippen molar-refractivity contribution in [3.05, 3.63) is 17.0 Å². The van der Waals surface area contributed by atoms with Crippen molar-refractivity contribution in [1.29, 1.82) is 0 Å². The van der Waals surface area contributed by atoms with E-state index < -0.39 is 0 Å². The standard InChI is InChI=1S/C19H33N5O2/c1-14(2)12-24-16(4)17(15(3)21-24)6-7-19(26)23-10-8-22(9-11-23)13-18(25)20-5/h14H,6-13H2,1-5H3,(H,20,25). The van der Waals surface area contributed by atoms with Crippen LogP contribution in [-0.4, -0.2) is 71.2 Å². The molecule has 1 N–H and O–H groups in total. The van der Waals surface area contributed by atoms with E-state index in [0.29, 0.717) is 32.0 Å². The number of hydrogen-bond donors (Lipinski definition) is 1. The van der Waals surface area contributed by atoms with Crippen molar-refractivity contribution in [3.63, 3.8) is 0 Å². The lowest BCUT2D eigenvalue weighted by Crippen LogP contribution is -2.50. The van der Waals surface area contributed by atoms with E-state index in [1.165, 1.54) is 11.3 Å². The second-order valence-electron chi connectivity index (χ2n) is 7.56. The molecular weight excluding hydrogens is 330 g/mol. The van der Waals surface area contributed by atoms with Gasteiger partial charge in [-0.05, 0) is 31.7 Å². The highest BCUT2D eigenvalue weighted by Gasteiger charge is 2.22. The summed E-state index contributed by atoms with van der Waals surface area (Å²) in [4.78, 5) is 28.0. The molecule has 2 amide bonds. The van der Waals surface area contributed by atoms with Crippen molar-refractivity contribution in [2.45, 2.75) is 47.1 Å². The fourth-order valence-electron chi connectivity index (χ4n) is 3.45. The summed E-state index contributed by atoms with van der Waals surface area (Å²) >= 11 is 0. The molecule has 0 bridgehead atoms. The van der Waals surface area contributed by atoms with Crippen molar-refractivity contribution < 1.29 is 9.59 Å². The maximum Gasteiger partial charge on any atom is 0.233 e. The Bertz CT molecular complexity index is 630. The van der Waals surface area contributed by atoms with Crippen LogP contribution in [0.15, 0.2) is 0 Å². The lowest BCUT2D eigenvalue weighted by atomic mass is 10.1. The van der Waals surface area contributed by atoms with Gasteiger partial charge in [-0.2, -0.15) is 5.10 Å². The highest BCUT2D eigenvalue weighted by Crippen LogP contribution is 2.17. The van der Waals surface area contributed by atoms with Crippen LogP contribution >= 0.6 is 0 Å². The minimum Gasteiger partial charge on any atom is -0.358 e. The number of rotatable bonds is 7. The zero-order valence-electron chi connectivity index (χ0n) is 16.8. The van der Waals surface area contributed by atoms with Crippen LogP contribution in [0.25, 0.3) is 0 Å². The Hall–Kier alpha value is -1.89. The molecule has 0 radical (unpaired) electrons. The van der Waals surface area contributed by atoms with Crippen LogP contribution in [0.1, 0.15) is 37.2 Å². The summed E-state index contributed by atoms with van der Waals surface area (Å²) < 4.78 is 2.07. The highest BCUT2D eigenvalue weighted by atomic mass is 16.2. The van der Waals surface area contributed by atoms with Crippen LogP contribution in [0.4, 0.5) is 0 Å². The number of aromatic nitrogens is 2. The topological polar surface area (TPSA) is 70.5 Å². The van der Waals surface area contributed by atoms with Gasteiger partial charge in [0.1, 0.15) is 0 Å². The number of aryl methyl sites for hydroxylation is 1. The van der Waals surface area contributed by atoms with Crippen LogP contribution < -0.4 is 5.32 Å². The molecule has 7 heteroatoms. The number of carbonyl (C=O) groups excluding carboxylic acids is 2. The Morgan fingerprint density at radius 2 is 1.81 bits per heavy atom. The van der Waals surface area contributed by atoms with E-state index in [9.17, 15) is 9.59 Å². The molecule has 0 aromatic carbocycles. The fraction of sp³-hybridized carbons (Fsp3) is 0.737. The SMILES string of the molecule is CNC(=O)CN1CCN(C(=O)CCc2c(C)nn(CC(C)C)c2C)CC1. The summed E-state index contributed by atoms with van der Waals surface area (Å²) in [5, 5.41) is 7.27. The quantitative estimate of drug-likeness (QED) is 0.784. The monoisotopic (exact) mass is 363 g/mol. The van der Waals surface area contributed by atoms with E-state index in [0.717, 1.165) is 31.7 Å². The first-order valence-corrected chi connectivity index (χ1v) is 9.55. The predicted molar refractivity (Wildman–Crippen MR) is 102 cm³/mol. The Balaban J connectivity index is 1.84. The Morgan fingerprint density at radius 3 is 2.38 bits per heavy atom. The number of amides is 2. The molecule has 0 unspecified atom stereocenters.